The minimum absolute atomic E-state index is 0.703. The highest BCUT2D eigenvalue weighted by Gasteiger charge is 2.07. The van der Waals surface area contributed by atoms with Gasteiger partial charge in [-0.1, -0.05) is 26.7 Å². The number of nitrogens with zero attached hydrogens (tertiary/aromatic N) is 2. The molecule has 0 radical (unpaired) electrons. The monoisotopic (exact) mass is 237 g/mol. The van der Waals surface area contributed by atoms with Gasteiger partial charge in [-0.05, 0) is 19.8 Å². The van der Waals surface area contributed by atoms with Crippen LogP contribution in [0.2, 0.25) is 0 Å². The van der Waals surface area contributed by atoms with Crippen LogP contribution in [-0.4, -0.2) is 23.1 Å². The van der Waals surface area contributed by atoms with E-state index in [0.29, 0.717) is 5.88 Å². The summed E-state index contributed by atoms with van der Waals surface area (Å²) in [5.74, 6) is 1.59. The topological polar surface area (TPSA) is 47.0 Å². The fourth-order valence-corrected chi connectivity index (χ4v) is 1.52. The molecule has 1 N–H and O–H groups in total. The van der Waals surface area contributed by atoms with Crippen LogP contribution >= 0.6 is 0 Å². The quantitative estimate of drug-likeness (QED) is 0.705. The van der Waals surface area contributed by atoms with Crippen LogP contribution < -0.4 is 10.1 Å². The third-order valence-electron chi connectivity index (χ3n) is 2.57. The first kappa shape index (κ1) is 13.7. The average molecular weight is 237 g/mol. The molecule has 1 heterocycles. The maximum absolute atomic E-state index is 5.67. The lowest BCUT2D eigenvalue weighted by Crippen LogP contribution is -2.07. The third-order valence-corrected chi connectivity index (χ3v) is 2.57. The summed E-state index contributed by atoms with van der Waals surface area (Å²) in [5.41, 5.74) is 0.998. The van der Waals surface area contributed by atoms with Crippen LogP contribution in [0.25, 0.3) is 0 Å². The Morgan fingerprint density at radius 3 is 2.71 bits per heavy atom. The van der Waals surface area contributed by atoms with E-state index in [9.17, 15) is 0 Å². The van der Waals surface area contributed by atoms with Crippen LogP contribution in [0.4, 0.5) is 5.82 Å². The van der Waals surface area contributed by atoms with Crippen LogP contribution in [0.1, 0.15) is 45.1 Å². The number of rotatable bonds is 8. The van der Waals surface area contributed by atoms with Gasteiger partial charge in [-0.3, -0.25) is 0 Å². The Hall–Kier alpha value is -1.32. The number of aromatic nitrogens is 2. The van der Waals surface area contributed by atoms with Crippen LogP contribution in [0.15, 0.2) is 6.33 Å². The first-order valence-electron chi connectivity index (χ1n) is 6.47. The molecule has 0 spiro atoms. The van der Waals surface area contributed by atoms with Crippen molar-refractivity contribution >= 4 is 5.82 Å². The fourth-order valence-electron chi connectivity index (χ4n) is 1.52. The molecule has 0 aromatic carbocycles. The molecule has 17 heavy (non-hydrogen) atoms. The van der Waals surface area contributed by atoms with Crippen molar-refractivity contribution in [1.29, 1.82) is 0 Å². The molecule has 0 aliphatic carbocycles. The summed E-state index contributed by atoms with van der Waals surface area (Å²) >= 11 is 0. The summed E-state index contributed by atoms with van der Waals surface area (Å²) in [7, 11) is 0. The highest BCUT2D eigenvalue weighted by Crippen LogP contribution is 2.20. The van der Waals surface area contributed by atoms with E-state index in [0.717, 1.165) is 37.4 Å². The zero-order chi connectivity index (χ0) is 12.5. The van der Waals surface area contributed by atoms with E-state index in [1.165, 1.54) is 12.8 Å². The predicted octanol–water partition coefficient (Wildman–Crippen LogP) is 3.18. The van der Waals surface area contributed by atoms with Crippen LogP contribution in [0, 0.1) is 6.92 Å². The van der Waals surface area contributed by atoms with Gasteiger partial charge in [0.05, 0.1) is 12.2 Å². The molecule has 4 heteroatoms. The number of unbranched alkanes of at least 4 members (excludes halogenated alkanes) is 2. The maximum atomic E-state index is 5.67. The van der Waals surface area contributed by atoms with E-state index in [2.05, 4.69) is 29.1 Å². The largest absolute Gasteiger partial charge is 0.477 e. The Bertz CT molecular complexity index is 328. The SMILES string of the molecule is CCCCCOc1ncnc(NCCC)c1C. The average Bonchev–Trinajstić information content (AvgIpc) is 2.35. The Balaban J connectivity index is 2.53. The second kappa shape index (κ2) is 7.87. The lowest BCUT2D eigenvalue weighted by atomic mass is 10.3. The number of ether oxygens (including phenoxy) is 1. The van der Waals surface area contributed by atoms with Crippen molar-refractivity contribution in [3.05, 3.63) is 11.9 Å². The van der Waals surface area contributed by atoms with E-state index in [1.54, 1.807) is 6.33 Å². The Kier molecular flexibility index (Phi) is 6.37. The summed E-state index contributed by atoms with van der Waals surface area (Å²) < 4.78 is 5.67. The first-order chi connectivity index (χ1) is 8.29. The molecule has 1 aromatic heterocycles. The van der Waals surface area contributed by atoms with Crippen molar-refractivity contribution in [2.75, 3.05) is 18.5 Å². The van der Waals surface area contributed by atoms with Crippen molar-refractivity contribution in [3.63, 3.8) is 0 Å². The van der Waals surface area contributed by atoms with Gasteiger partial charge in [0.15, 0.2) is 0 Å². The van der Waals surface area contributed by atoms with Gasteiger partial charge in [0.25, 0.3) is 0 Å². The molecule has 0 atom stereocenters. The molecular weight excluding hydrogens is 214 g/mol. The third kappa shape index (κ3) is 4.59. The highest BCUT2D eigenvalue weighted by molar-refractivity contribution is 5.47. The second-order valence-corrected chi connectivity index (χ2v) is 4.13. The molecule has 1 rings (SSSR count). The molecule has 0 unspecified atom stereocenters. The second-order valence-electron chi connectivity index (χ2n) is 4.13. The van der Waals surface area contributed by atoms with E-state index in [1.807, 2.05) is 6.92 Å². The Morgan fingerprint density at radius 1 is 1.18 bits per heavy atom. The zero-order valence-corrected chi connectivity index (χ0v) is 11.1. The maximum Gasteiger partial charge on any atom is 0.221 e. The first-order valence-corrected chi connectivity index (χ1v) is 6.47. The van der Waals surface area contributed by atoms with Gasteiger partial charge in [-0.25, -0.2) is 9.97 Å². The molecule has 0 aliphatic heterocycles. The van der Waals surface area contributed by atoms with E-state index < -0.39 is 0 Å². The molecular formula is C13H23N3O. The van der Waals surface area contributed by atoms with Crippen molar-refractivity contribution in [2.45, 2.75) is 46.5 Å². The summed E-state index contributed by atoms with van der Waals surface area (Å²) in [6.45, 7) is 7.97. The van der Waals surface area contributed by atoms with Crippen LogP contribution in [-0.2, 0) is 0 Å². The number of nitrogens with one attached hydrogen (secondary N) is 1. The van der Waals surface area contributed by atoms with Gasteiger partial charge in [-0.15, -0.1) is 0 Å². The smallest absolute Gasteiger partial charge is 0.221 e. The van der Waals surface area contributed by atoms with Gasteiger partial charge in [0, 0.05) is 6.54 Å². The summed E-state index contributed by atoms with van der Waals surface area (Å²) in [5, 5.41) is 3.27. The lowest BCUT2D eigenvalue weighted by molar-refractivity contribution is 0.292. The van der Waals surface area contributed by atoms with Crippen molar-refractivity contribution in [3.8, 4) is 5.88 Å². The zero-order valence-electron chi connectivity index (χ0n) is 11.1. The van der Waals surface area contributed by atoms with Gasteiger partial charge >= 0.3 is 0 Å². The highest BCUT2D eigenvalue weighted by atomic mass is 16.5. The molecule has 1 aromatic rings. The Morgan fingerprint density at radius 2 is 2.00 bits per heavy atom. The molecule has 0 fully saturated rings. The van der Waals surface area contributed by atoms with Gasteiger partial charge in [0.2, 0.25) is 5.88 Å². The van der Waals surface area contributed by atoms with Crippen LogP contribution in [0.3, 0.4) is 0 Å². The molecule has 0 saturated carbocycles. The van der Waals surface area contributed by atoms with Gasteiger partial charge in [-0.2, -0.15) is 0 Å². The molecule has 96 valence electrons. The van der Waals surface area contributed by atoms with Crippen molar-refractivity contribution in [1.82, 2.24) is 9.97 Å². The minimum atomic E-state index is 0.703. The number of hydrogen-bond acceptors (Lipinski definition) is 4. The van der Waals surface area contributed by atoms with Gasteiger partial charge in [0.1, 0.15) is 12.1 Å². The molecule has 0 saturated heterocycles. The number of hydrogen-bond donors (Lipinski definition) is 1. The van der Waals surface area contributed by atoms with E-state index in [-0.39, 0.29) is 0 Å². The van der Waals surface area contributed by atoms with Crippen LogP contribution in [0.5, 0.6) is 5.88 Å². The van der Waals surface area contributed by atoms with E-state index >= 15 is 0 Å². The van der Waals surface area contributed by atoms with Gasteiger partial charge < -0.3 is 10.1 Å². The Labute approximate surface area is 104 Å². The predicted molar refractivity (Wildman–Crippen MR) is 70.6 cm³/mol. The molecule has 0 aliphatic rings. The van der Waals surface area contributed by atoms with Crippen molar-refractivity contribution < 1.29 is 4.74 Å². The summed E-state index contributed by atoms with van der Waals surface area (Å²) in [6, 6.07) is 0. The summed E-state index contributed by atoms with van der Waals surface area (Å²) in [4.78, 5) is 8.39. The standard InChI is InChI=1S/C13H23N3O/c1-4-6-7-9-17-13-11(3)12(14-8-5-2)15-10-16-13/h10H,4-9H2,1-3H3,(H,14,15,16). The lowest BCUT2D eigenvalue weighted by Gasteiger charge is -2.11. The normalized spacial score (nSPS) is 10.3. The van der Waals surface area contributed by atoms with E-state index in [4.69, 9.17) is 4.74 Å². The van der Waals surface area contributed by atoms with Crippen molar-refractivity contribution in [2.24, 2.45) is 0 Å². The minimum Gasteiger partial charge on any atom is -0.477 e. The fraction of sp³-hybridized carbons (Fsp3) is 0.692. The molecule has 0 bridgehead atoms. The molecule has 4 nitrogen and oxygen atoms in total. The summed E-state index contributed by atoms with van der Waals surface area (Å²) in [6.07, 6.45) is 6.12. The number of anilines is 1. The molecule has 0 amide bonds.